The van der Waals surface area contributed by atoms with Gasteiger partial charge in [-0.3, -0.25) is 0 Å². The molecule has 1 saturated heterocycles. The number of hydrogen-bond donors (Lipinski definition) is 1. The van der Waals surface area contributed by atoms with E-state index in [4.69, 9.17) is 21.7 Å². The standard InChI is InChI=1S/C21H26N2O2S/c1-24-19-13-17(14-20(15-19)25-2)22-21(26)23-11-7-6-10-18(23)12-16-8-4-3-5-9-16/h3-5,8-9,13-15,18H,6-7,10-12H2,1-2H3,(H,22,26). The number of ether oxygens (including phenoxy) is 2. The smallest absolute Gasteiger partial charge is 0.173 e. The van der Waals surface area contributed by atoms with E-state index in [0.717, 1.165) is 41.7 Å². The Morgan fingerprint density at radius 3 is 2.42 bits per heavy atom. The molecule has 0 radical (unpaired) electrons. The van der Waals surface area contributed by atoms with Crippen molar-refractivity contribution in [3.8, 4) is 11.5 Å². The van der Waals surface area contributed by atoms with Crippen molar-refractivity contribution in [2.24, 2.45) is 0 Å². The Balaban J connectivity index is 1.72. The first-order valence-corrected chi connectivity index (χ1v) is 9.45. The van der Waals surface area contributed by atoms with Gasteiger partial charge in [0, 0.05) is 36.5 Å². The zero-order valence-electron chi connectivity index (χ0n) is 15.4. The van der Waals surface area contributed by atoms with Crippen molar-refractivity contribution in [1.29, 1.82) is 0 Å². The number of anilines is 1. The molecule has 1 atom stereocenters. The minimum absolute atomic E-state index is 0.429. The lowest BCUT2D eigenvalue weighted by Gasteiger charge is -2.38. The van der Waals surface area contributed by atoms with Crippen LogP contribution in [-0.2, 0) is 6.42 Å². The molecule has 2 aromatic rings. The molecule has 1 fully saturated rings. The molecule has 0 saturated carbocycles. The maximum absolute atomic E-state index is 5.74. The number of hydrogen-bond acceptors (Lipinski definition) is 3. The second-order valence-electron chi connectivity index (χ2n) is 6.56. The van der Waals surface area contributed by atoms with Crippen LogP contribution >= 0.6 is 12.2 Å². The van der Waals surface area contributed by atoms with Crippen LogP contribution < -0.4 is 14.8 Å². The highest BCUT2D eigenvalue weighted by molar-refractivity contribution is 7.80. The van der Waals surface area contributed by atoms with Crippen molar-refractivity contribution in [2.75, 3.05) is 26.1 Å². The van der Waals surface area contributed by atoms with Crippen molar-refractivity contribution in [3.63, 3.8) is 0 Å². The summed E-state index contributed by atoms with van der Waals surface area (Å²) in [5.41, 5.74) is 2.24. The molecule has 0 aliphatic carbocycles. The molecule has 1 heterocycles. The summed E-state index contributed by atoms with van der Waals surface area (Å²) in [6.07, 6.45) is 4.61. The molecule has 0 bridgehead atoms. The van der Waals surface area contributed by atoms with Crippen LogP contribution in [-0.4, -0.2) is 36.8 Å². The van der Waals surface area contributed by atoms with Gasteiger partial charge < -0.3 is 19.7 Å². The number of likely N-dealkylation sites (tertiary alicyclic amines) is 1. The Kier molecular flexibility index (Phi) is 6.34. The molecular weight excluding hydrogens is 344 g/mol. The maximum Gasteiger partial charge on any atom is 0.173 e. The summed E-state index contributed by atoms with van der Waals surface area (Å²) in [4.78, 5) is 2.33. The van der Waals surface area contributed by atoms with Crippen molar-refractivity contribution in [3.05, 3.63) is 54.1 Å². The fraction of sp³-hybridized carbons (Fsp3) is 0.381. The zero-order valence-corrected chi connectivity index (χ0v) is 16.2. The molecule has 1 unspecified atom stereocenters. The van der Waals surface area contributed by atoms with E-state index in [1.165, 1.54) is 18.4 Å². The highest BCUT2D eigenvalue weighted by Crippen LogP contribution is 2.27. The molecule has 5 heteroatoms. The van der Waals surface area contributed by atoms with Crippen LogP contribution in [0.3, 0.4) is 0 Å². The second kappa shape index (κ2) is 8.90. The van der Waals surface area contributed by atoms with Crippen LogP contribution in [0.5, 0.6) is 11.5 Å². The van der Waals surface area contributed by atoms with Gasteiger partial charge in [-0.2, -0.15) is 0 Å². The molecular formula is C21H26N2O2S. The van der Waals surface area contributed by atoms with E-state index in [9.17, 15) is 0 Å². The van der Waals surface area contributed by atoms with Gasteiger partial charge in [-0.1, -0.05) is 30.3 Å². The van der Waals surface area contributed by atoms with E-state index in [0.29, 0.717) is 6.04 Å². The molecule has 1 N–H and O–H groups in total. The summed E-state index contributed by atoms with van der Waals surface area (Å²) in [5.74, 6) is 1.49. The minimum atomic E-state index is 0.429. The number of thiocarbonyl (C=S) groups is 1. The fourth-order valence-corrected chi connectivity index (χ4v) is 3.80. The molecule has 0 spiro atoms. The topological polar surface area (TPSA) is 33.7 Å². The quantitative estimate of drug-likeness (QED) is 0.784. The normalized spacial score (nSPS) is 16.8. The Morgan fingerprint density at radius 2 is 1.77 bits per heavy atom. The average Bonchev–Trinajstić information content (AvgIpc) is 2.68. The lowest BCUT2D eigenvalue weighted by atomic mass is 9.96. The predicted molar refractivity (Wildman–Crippen MR) is 110 cm³/mol. The Morgan fingerprint density at radius 1 is 1.08 bits per heavy atom. The highest BCUT2D eigenvalue weighted by Gasteiger charge is 2.25. The van der Waals surface area contributed by atoms with Crippen molar-refractivity contribution in [1.82, 2.24) is 4.90 Å². The van der Waals surface area contributed by atoms with Gasteiger partial charge in [0.25, 0.3) is 0 Å². The molecule has 1 aliphatic rings. The third kappa shape index (κ3) is 4.67. The molecule has 2 aromatic carbocycles. The average molecular weight is 371 g/mol. The van der Waals surface area contributed by atoms with Crippen LogP contribution in [0.2, 0.25) is 0 Å². The first kappa shape index (κ1) is 18.5. The summed E-state index contributed by atoms with van der Waals surface area (Å²) in [6, 6.07) is 16.8. The summed E-state index contributed by atoms with van der Waals surface area (Å²) in [5, 5.41) is 4.14. The van der Waals surface area contributed by atoms with Gasteiger partial charge in [-0.05, 0) is 43.5 Å². The second-order valence-corrected chi connectivity index (χ2v) is 6.95. The first-order valence-electron chi connectivity index (χ1n) is 9.04. The van der Waals surface area contributed by atoms with E-state index >= 15 is 0 Å². The van der Waals surface area contributed by atoms with Crippen molar-refractivity contribution in [2.45, 2.75) is 31.7 Å². The summed E-state index contributed by atoms with van der Waals surface area (Å²) in [7, 11) is 3.30. The lowest BCUT2D eigenvalue weighted by Crippen LogP contribution is -2.46. The maximum atomic E-state index is 5.74. The number of nitrogens with one attached hydrogen (secondary N) is 1. The van der Waals surface area contributed by atoms with E-state index in [-0.39, 0.29) is 0 Å². The van der Waals surface area contributed by atoms with Crippen molar-refractivity contribution < 1.29 is 9.47 Å². The van der Waals surface area contributed by atoms with Gasteiger partial charge in [0.1, 0.15) is 11.5 Å². The molecule has 4 nitrogen and oxygen atoms in total. The summed E-state index contributed by atoms with van der Waals surface area (Å²) in [6.45, 7) is 0.991. The highest BCUT2D eigenvalue weighted by atomic mass is 32.1. The van der Waals surface area contributed by atoms with Crippen molar-refractivity contribution >= 4 is 23.0 Å². The van der Waals surface area contributed by atoms with Crippen LogP contribution in [0.1, 0.15) is 24.8 Å². The lowest BCUT2D eigenvalue weighted by molar-refractivity contribution is 0.243. The van der Waals surface area contributed by atoms with Gasteiger partial charge >= 0.3 is 0 Å². The van der Waals surface area contributed by atoms with Gasteiger partial charge in [0.2, 0.25) is 0 Å². The van der Waals surface area contributed by atoms with E-state index in [2.05, 4.69) is 40.5 Å². The van der Waals surface area contributed by atoms with E-state index in [1.807, 2.05) is 18.2 Å². The number of methoxy groups -OCH3 is 2. The van der Waals surface area contributed by atoms with Gasteiger partial charge in [0.05, 0.1) is 14.2 Å². The van der Waals surface area contributed by atoms with E-state index in [1.54, 1.807) is 14.2 Å². The van der Waals surface area contributed by atoms with Gasteiger partial charge in [-0.25, -0.2) is 0 Å². The monoisotopic (exact) mass is 370 g/mol. The summed E-state index contributed by atoms with van der Waals surface area (Å²) >= 11 is 5.74. The number of nitrogens with zero attached hydrogens (tertiary/aromatic N) is 1. The Bertz CT molecular complexity index is 714. The van der Waals surface area contributed by atoms with Crippen LogP contribution in [0.15, 0.2) is 48.5 Å². The molecule has 3 rings (SSSR count). The Labute approximate surface area is 161 Å². The molecule has 0 amide bonds. The fourth-order valence-electron chi connectivity index (χ4n) is 3.44. The largest absolute Gasteiger partial charge is 0.497 e. The molecule has 1 aliphatic heterocycles. The SMILES string of the molecule is COc1cc(NC(=S)N2CCCCC2Cc2ccccc2)cc(OC)c1. The number of rotatable bonds is 5. The summed E-state index contributed by atoms with van der Waals surface area (Å²) < 4.78 is 10.7. The Hall–Kier alpha value is -2.27. The third-order valence-corrected chi connectivity index (χ3v) is 5.14. The molecule has 26 heavy (non-hydrogen) atoms. The van der Waals surface area contributed by atoms with Gasteiger partial charge in [-0.15, -0.1) is 0 Å². The number of piperidine rings is 1. The van der Waals surface area contributed by atoms with E-state index < -0.39 is 0 Å². The predicted octanol–water partition coefficient (Wildman–Crippen LogP) is 4.50. The van der Waals surface area contributed by atoms with Gasteiger partial charge in [0.15, 0.2) is 5.11 Å². The molecule has 138 valence electrons. The molecule has 0 aromatic heterocycles. The first-order chi connectivity index (χ1) is 12.7. The van der Waals surface area contributed by atoms with Crippen LogP contribution in [0, 0.1) is 0 Å². The minimum Gasteiger partial charge on any atom is -0.497 e. The zero-order chi connectivity index (χ0) is 18.4. The van der Waals surface area contributed by atoms with Crippen LogP contribution in [0.25, 0.3) is 0 Å². The van der Waals surface area contributed by atoms with Crippen LogP contribution in [0.4, 0.5) is 5.69 Å². The third-order valence-electron chi connectivity index (χ3n) is 4.80. The number of benzene rings is 2.